The standard InChI is InChI=1S/C37H38Cl2N6O5/c1-21(46)17-40-20-29-36(50-3)44-31-16-22(14-15-45(31)37(29)48)25-6-4-7-26(33(25)38)27-8-5-9-28(34(27)39)30-12-10-23(35(43-30)49-2)18-41-19-24-11-13-32(47)42-24/h4-10,12,14-16,21,24,40-41,46H,11,13,17-20H2,1-3H3,(H,42,47)/t21?,24-/m1/s1. The van der Waals surface area contributed by atoms with E-state index in [1.807, 2.05) is 54.6 Å². The first kappa shape index (κ1) is 35.3. The number of rotatable bonds is 13. The van der Waals surface area contributed by atoms with Crippen molar-refractivity contribution in [3.8, 4) is 45.3 Å². The molecule has 1 saturated heterocycles. The first-order valence-electron chi connectivity index (χ1n) is 16.3. The van der Waals surface area contributed by atoms with Gasteiger partial charge < -0.3 is 30.5 Å². The predicted octanol–water partition coefficient (Wildman–Crippen LogP) is 5.25. The van der Waals surface area contributed by atoms with E-state index in [-0.39, 0.29) is 29.9 Å². The molecule has 0 saturated carbocycles. The van der Waals surface area contributed by atoms with E-state index in [9.17, 15) is 14.7 Å². The summed E-state index contributed by atoms with van der Waals surface area (Å²) >= 11 is 14.2. The Morgan fingerprint density at radius 2 is 1.62 bits per heavy atom. The Morgan fingerprint density at radius 1 is 0.920 bits per heavy atom. The molecule has 4 heterocycles. The molecule has 1 aliphatic rings. The fourth-order valence-corrected chi connectivity index (χ4v) is 6.75. The molecule has 2 atom stereocenters. The van der Waals surface area contributed by atoms with E-state index in [2.05, 4.69) is 20.9 Å². The van der Waals surface area contributed by atoms with Crippen LogP contribution in [0.5, 0.6) is 11.8 Å². The Labute approximate surface area is 299 Å². The highest BCUT2D eigenvalue weighted by Gasteiger charge is 2.21. The van der Waals surface area contributed by atoms with Crippen LogP contribution < -0.4 is 31.0 Å². The van der Waals surface area contributed by atoms with Gasteiger partial charge in [-0.2, -0.15) is 4.98 Å². The predicted molar refractivity (Wildman–Crippen MR) is 195 cm³/mol. The molecule has 0 spiro atoms. The molecule has 6 rings (SSSR count). The number of hydrogen-bond acceptors (Lipinski definition) is 9. The number of aliphatic hydroxyl groups excluding tert-OH is 1. The Hall–Kier alpha value is -4.52. The van der Waals surface area contributed by atoms with Crippen LogP contribution in [0, 0.1) is 0 Å². The average Bonchev–Trinajstić information content (AvgIpc) is 3.53. The molecule has 0 radical (unpaired) electrons. The van der Waals surface area contributed by atoms with E-state index < -0.39 is 6.10 Å². The van der Waals surface area contributed by atoms with Crippen molar-refractivity contribution in [2.45, 2.75) is 45.0 Å². The Morgan fingerprint density at radius 3 is 2.30 bits per heavy atom. The normalized spacial score (nSPS) is 14.9. The molecule has 1 unspecified atom stereocenters. The van der Waals surface area contributed by atoms with Crippen LogP contribution in [0.2, 0.25) is 10.0 Å². The minimum absolute atomic E-state index is 0.0889. The lowest BCUT2D eigenvalue weighted by molar-refractivity contribution is -0.119. The number of carbonyl (C=O) groups excluding carboxylic acids is 1. The fourth-order valence-electron chi connectivity index (χ4n) is 6.09. The van der Waals surface area contributed by atoms with Crippen LogP contribution in [-0.2, 0) is 17.9 Å². The number of halogens is 2. The van der Waals surface area contributed by atoms with Crippen molar-refractivity contribution in [3.05, 3.63) is 98.4 Å². The van der Waals surface area contributed by atoms with Crippen LogP contribution >= 0.6 is 23.2 Å². The molecule has 0 aliphatic carbocycles. The second-order valence-electron chi connectivity index (χ2n) is 12.2. The summed E-state index contributed by atoms with van der Waals surface area (Å²) in [5, 5.41) is 20.0. The van der Waals surface area contributed by atoms with Crippen LogP contribution in [0.25, 0.3) is 39.2 Å². The van der Waals surface area contributed by atoms with E-state index in [4.69, 9.17) is 37.7 Å². The van der Waals surface area contributed by atoms with Crippen molar-refractivity contribution in [1.29, 1.82) is 0 Å². The zero-order valence-corrected chi connectivity index (χ0v) is 29.4. The summed E-state index contributed by atoms with van der Waals surface area (Å²) in [4.78, 5) is 34.3. The van der Waals surface area contributed by atoms with Gasteiger partial charge in [-0.3, -0.25) is 14.0 Å². The number of benzene rings is 2. The molecule has 3 aromatic heterocycles. The number of aliphatic hydroxyl groups is 1. The minimum Gasteiger partial charge on any atom is -0.481 e. The van der Waals surface area contributed by atoms with E-state index >= 15 is 0 Å². The van der Waals surface area contributed by atoms with Gasteiger partial charge in [0.25, 0.3) is 5.56 Å². The molecule has 1 amide bonds. The summed E-state index contributed by atoms with van der Waals surface area (Å²) in [6, 6.07) is 19.0. The van der Waals surface area contributed by atoms with Gasteiger partial charge in [-0.05, 0) is 37.1 Å². The van der Waals surface area contributed by atoms with Gasteiger partial charge in [0.2, 0.25) is 17.7 Å². The van der Waals surface area contributed by atoms with Gasteiger partial charge >= 0.3 is 0 Å². The molecule has 4 N–H and O–H groups in total. The van der Waals surface area contributed by atoms with Crippen LogP contribution in [0.15, 0.2) is 71.7 Å². The second-order valence-corrected chi connectivity index (χ2v) is 12.9. The molecule has 0 bridgehead atoms. The summed E-state index contributed by atoms with van der Waals surface area (Å²) in [6.07, 6.45) is 2.49. The van der Waals surface area contributed by atoms with Crippen LogP contribution in [0.1, 0.15) is 30.9 Å². The topological polar surface area (TPSA) is 139 Å². The van der Waals surface area contributed by atoms with E-state index in [0.717, 1.165) is 39.8 Å². The molecular weight excluding hydrogens is 679 g/mol. The Kier molecular flexibility index (Phi) is 11.0. The number of ether oxygens (including phenoxy) is 2. The average molecular weight is 718 g/mol. The number of carbonyl (C=O) groups is 1. The van der Waals surface area contributed by atoms with Gasteiger partial charge in [-0.15, -0.1) is 0 Å². The maximum absolute atomic E-state index is 13.4. The maximum atomic E-state index is 13.4. The van der Waals surface area contributed by atoms with Crippen molar-refractivity contribution in [3.63, 3.8) is 0 Å². The second kappa shape index (κ2) is 15.6. The lowest BCUT2D eigenvalue weighted by Crippen LogP contribution is -2.35. The smallest absolute Gasteiger partial charge is 0.266 e. The van der Waals surface area contributed by atoms with Gasteiger partial charge in [0, 0.05) is 72.7 Å². The number of methoxy groups -OCH3 is 2. The highest BCUT2D eigenvalue weighted by molar-refractivity contribution is 6.39. The highest BCUT2D eigenvalue weighted by atomic mass is 35.5. The molecule has 1 aliphatic heterocycles. The third-order valence-electron chi connectivity index (χ3n) is 8.62. The van der Waals surface area contributed by atoms with Crippen LogP contribution in [0.4, 0.5) is 0 Å². The van der Waals surface area contributed by atoms with Gasteiger partial charge in [0.05, 0.1) is 41.6 Å². The van der Waals surface area contributed by atoms with Crippen molar-refractivity contribution < 1.29 is 19.4 Å². The largest absolute Gasteiger partial charge is 0.481 e. The lowest BCUT2D eigenvalue weighted by Gasteiger charge is -2.16. The Balaban J connectivity index is 1.28. The zero-order valence-electron chi connectivity index (χ0n) is 27.9. The fraction of sp³-hybridized carbons (Fsp3) is 0.297. The number of nitrogens with zero attached hydrogens (tertiary/aromatic N) is 3. The van der Waals surface area contributed by atoms with Crippen molar-refractivity contribution >= 4 is 34.8 Å². The molecule has 50 heavy (non-hydrogen) atoms. The Bertz CT molecular complexity index is 2100. The third-order valence-corrected chi connectivity index (χ3v) is 9.43. The lowest BCUT2D eigenvalue weighted by atomic mass is 9.97. The monoisotopic (exact) mass is 716 g/mol. The van der Waals surface area contributed by atoms with Gasteiger partial charge in [0.1, 0.15) is 5.65 Å². The minimum atomic E-state index is -0.558. The molecule has 2 aromatic carbocycles. The maximum Gasteiger partial charge on any atom is 0.266 e. The summed E-state index contributed by atoms with van der Waals surface area (Å²) in [6.45, 7) is 3.39. The van der Waals surface area contributed by atoms with Crippen molar-refractivity contribution in [2.24, 2.45) is 0 Å². The van der Waals surface area contributed by atoms with Crippen molar-refractivity contribution in [2.75, 3.05) is 27.3 Å². The summed E-state index contributed by atoms with van der Waals surface area (Å²) < 4.78 is 12.6. The number of fused-ring (bicyclic) bond motifs is 1. The highest BCUT2D eigenvalue weighted by Crippen LogP contribution is 2.42. The van der Waals surface area contributed by atoms with Gasteiger partial charge in [-0.1, -0.05) is 65.7 Å². The number of amides is 1. The number of hydrogen-bond donors (Lipinski definition) is 4. The summed E-state index contributed by atoms with van der Waals surface area (Å²) in [7, 11) is 3.05. The molecular formula is C37H38Cl2N6O5. The van der Waals surface area contributed by atoms with E-state index in [1.54, 1.807) is 26.3 Å². The number of aromatic nitrogens is 3. The third kappa shape index (κ3) is 7.47. The molecule has 260 valence electrons. The molecule has 5 aromatic rings. The number of nitrogens with one attached hydrogen (secondary N) is 3. The molecule has 13 heteroatoms. The molecule has 11 nitrogen and oxygen atoms in total. The first-order valence-corrected chi connectivity index (χ1v) is 17.0. The zero-order chi connectivity index (χ0) is 35.4. The first-order chi connectivity index (χ1) is 24.2. The van der Waals surface area contributed by atoms with E-state index in [0.29, 0.717) is 58.9 Å². The van der Waals surface area contributed by atoms with Gasteiger partial charge in [-0.25, -0.2) is 4.98 Å². The van der Waals surface area contributed by atoms with Crippen LogP contribution in [-0.4, -0.2) is 64.8 Å². The number of pyridine rings is 2. The van der Waals surface area contributed by atoms with E-state index in [1.165, 1.54) is 11.5 Å². The SMILES string of the molecule is COc1nc(-c2cccc(-c3cccc(-c4ccn5c(=O)c(CNCC(C)O)c(OC)nc5c4)c3Cl)c2Cl)ccc1CNC[C@H]1CCC(=O)N1. The summed E-state index contributed by atoms with van der Waals surface area (Å²) in [5.41, 5.74) is 5.69. The van der Waals surface area contributed by atoms with Crippen molar-refractivity contribution in [1.82, 2.24) is 30.3 Å². The molecule has 1 fully saturated rings. The summed E-state index contributed by atoms with van der Waals surface area (Å²) in [5.74, 6) is 0.782. The van der Waals surface area contributed by atoms with Gasteiger partial charge in [0.15, 0.2) is 0 Å². The quantitative estimate of drug-likeness (QED) is 0.129. The van der Waals surface area contributed by atoms with Crippen LogP contribution in [0.3, 0.4) is 0 Å².